The zero-order chi connectivity index (χ0) is 9.54. The molecule has 5 heteroatoms. The summed E-state index contributed by atoms with van der Waals surface area (Å²) in [7, 11) is 0. The Bertz CT molecular complexity index is 234. The maximum Gasteiger partial charge on any atom is 0.319 e. The normalized spacial score (nSPS) is 46.1. The van der Waals surface area contributed by atoms with Crippen LogP contribution in [-0.2, 0) is 9.47 Å². The molecule has 2 aliphatic heterocycles. The number of amides is 2. The fraction of sp³-hybridized carbons (Fsp3) is 0.889. The number of carbonyl (C=O) groups excluding carboxylic acids is 1. The summed E-state index contributed by atoms with van der Waals surface area (Å²) in [5.74, 6) is 0. The van der Waals surface area contributed by atoms with Gasteiger partial charge in [0, 0.05) is 0 Å². The summed E-state index contributed by atoms with van der Waals surface area (Å²) in [5.41, 5.74) is 0. The standard InChI is InChI=1S/C9H14N2O3/c12-9-10-7-8(11-9)14-6-4-2-1-3-5(6)13-7/h5-8H,1-4H2,(H2,10,11,12)/t5-,6+,7+,8-. The summed E-state index contributed by atoms with van der Waals surface area (Å²) >= 11 is 0. The van der Waals surface area contributed by atoms with E-state index >= 15 is 0 Å². The fourth-order valence-electron chi connectivity index (χ4n) is 2.41. The molecule has 14 heavy (non-hydrogen) atoms. The predicted molar refractivity (Wildman–Crippen MR) is 47.5 cm³/mol. The van der Waals surface area contributed by atoms with E-state index in [1.807, 2.05) is 0 Å². The van der Waals surface area contributed by atoms with Crippen molar-refractivity contribution in [1.29, 1.82) is 0 Å². The van der Waals surface area contributed by atoms with Gasteiger partial charge in [-0.15, -0.1) is 0 Å². The summed E-state index contributed by atoms with van der Waals surface area (Å²) in [5, 5.41) is 5.38. The van der Waals surface area contributed by atoms with Gasteiger partial charge in [-0.1, -0.05) is 12.8 Å². The third-order valence-corrected chi connectivity index (χ3v) is 3.11. The van der Waals surface area contributed by atoms with E-state index in [9.17, 15) is 4.79 Å². The number of ether oxygens (including phenoxy) is 2. The van der Waals surface area contributed by atoms with Crippen molar-refractivity contribution < 1.29 is 14.3 Å². The van der Waals surface area contributed by atoms with Crippen molar-refractivity contribution in [2.45, 2.75) is 50.3 Å². The van der Waals surface area contributed by atoms with Gasteiger partial charge in [-0.25, -0.2) is 4.79 Å². The second kappa shape index (κ2) is 3.10. The van der Waals surface area contributed by atoms with Crippen LogP contribution in [0.25, 0.3) is 0 Å². The summed E-state index contributed by atoms with van der Waals surface area (Å²) < 4.78 is 11.5. The van der Waals surface area contributed by atoms with Crippen LogP contribution in [0.1, 0.15) is 25.7 Å². The average Bonchev–Trinajstić information content (AvgIpc) is 2.53. The molecule has 0 aromatic carbocycles. The van der Waals surface area contributed by atoms with Crippen molar-refractivity contribution >= 4 is 6.03 Å². The number of carbonyl (C=O) groups is 1. The van der Waals surface area contributed by atoms with Crippen LogP contribution < -0.4 is 10.6 Å². The molecule has 0 unspecified atom stereocenters. The quantitative estimate of drug-likeness (QED) is 0.589. The number of nitrogens with one attached hydrogen (secondary N) is 2. The Hall–Kier alpha value is -0.810. The van der Waals surface area contributed by atoms with Gasteiger partial charge in [0.05, 0.1) is 12.2 Å². The van der Waals surface area contributed by atoms with Crippen LogP contribution in [0, 0.1) is 0 Å². The maximum atomic E-state index is 11.0. The molecule has 2 amide bonds. The van der Waals surface area contributed by atoms with Crippen molar-refractivity contribution in [1.82, 2.24) is 10.6 Å². The Labute approximate surface area is 82.1 Å². The first-order valence-electron chi connectivity index (χ1n) is 5.21. The largest absolute Gasteiger partial charge is 0.348 e. The molecule has 0 spiro atoms. The van der Waals surface area contributed by atoms with E-state index in [-0.39, 0.29) is 30.7 Å². The monoisotopic (exact) mass is 198 g/mol. The van der Waals surface area contributed by atoms with Crippen LogP contribution in [0.4, 0.5) is 4.79 Å². The minimum absolute atomic E-state index is 0.171. The second-order valence-corrected chi connectivity index (χ2v) is 4.09. The molecule has 5 nitrogen and oxygen atoms in total. The SMILES string of the molecule is O=C1N[C@@H]2O[C@H]3CCCC[C@H]3O[C@@H]2N1. The van der Waals surface area contributed by atoms with Crippen molar-refractivity contribution in [2.75, 3.05) is 0 Å². The van der Waals surface area contributed by atoms with Crippen LogP contribution in [0.3, 0.4) is 0 Å². The van der Waals surface area contributed by atoms with Crippen LogP contribution in [0.15, 0.2) is 0 Å². The number of hydrogen-bond acceptors (Lipinski definition) is 3. The van der Waals surface area contributed by atoms with Crippen molar-refractivity contribution in [2.24, 2.45) is 0 Å². The Morgan fingerprint density at radius 1 is 1.00 bits per heavy atom. The molecular formula is C9H14N2O3. The van der Waals surface area contributed by atoms with Gasteiger partial charge in [-0.3, -0.25) is 0 Å². The molecule has 3 fully saturated rings. The van der Waals surface area contributed by atoms with Crippen LogP contribution in [0.2, 0.25) is 0 Å². The molecule has 1 aliphatic carbocycles. The zero-order valence-electron chi connectivity index (χ0n) is 7.86. The number of urea groups is 1. The first-order chi connectivity index (χ1) is 6.83. The molecule has 0 aromatic rings. The van der Waals surface area contributed by atoms with Gasteiger partial charge in [0.2, 0.25) is 0 Å². The summed E-state index contributed by atoms with van der Waals surface area (Å²) in [6, 6.07) is -0.196. The third kappa shape index (κ3) is 1.27. The van der Waals surface area contributed by atoms with E-state index in [4.69, 9.17) is 9.47 Å². The minimum Gasteiger partial charge on any atom is -0.348 e. The maximum absolute atomic E-state index is 11.0. The molecule has 4 atom stereocenters. The van der Waals surface area contributed by atoms with Crippen LogP contribution >= 0.6 is 0 Å². The molecule has 1 saturated carbocycles. The lowest BCUT2D eigenvalue weighted by atomic mass is 9.94. The van der Waals surface area contributed by atoms with E-state index in [0.29, 0.717) is 0 Å². The highest BCUT2D eigenvalue weighted by atomic mass is 16.6. The smallest absolute Gasteiger partial charge is 0.319 e. The first-order valence-corrected chi connectivity index (χ1v) is 5.21. The topological polar surface area (TPSA) is 59.6 Å². The second-order valence-electron chi connectivity index (χ2n) is 4.09. The molecule has 2 saturated heterocycles. The van der Waals surface area contributed by atoms with Gasteiger partial charge in [0.25, 0.3) is 0 Å². The van der Waals surface area contributed by atoms with Crippen molar-refractivity contribution in [3.05, 3.63) is 0 Å². The highest BCUT2D eigenvalue weighted by molar-refractivity contribution is 5.76. The highest BCUT2D eigenvalue weighted by Crippen LogP contribution is 2.30. The van der Waals surface area contributed by atoms with Crippen LogP contribution in [0.5, 0.6) is 0 Å². The van der Waals surface area contributed by atoms with Gasteiger partial charge in [0.1, 0.15) is 0 Å². The Morgan fingerprint density at radius 3 is 2.00 bits per heavy atom. The minimum atomic E-state index is -0.290. The fourth-order valence-corrected chi connectivity index (χ4v) is 2.41. The third-order valence-electron chi connectivity index (χ3n) is 3.11. The first kappa shape index (κ1) is 8.49. The summed E-state index contributed by atoms with van der Waals surface area (Å²) in [4.78, 5) is 11.0. The highest BCUT2D eigenvalue weighted by Gasteiger charge is 2.44. The van der Waals surface area contributed by atoms with E-state index in [0.717, 1.165) is 12.8 Å². The van der Waals surface area contributed by atoms with Crippen molar-refractivity contribution in [3.63, 3.8) is 0 Å². The van der Waals surface area contributed by atoms with Crippen molar-refractivity contribution in [3.8, 4) is 0 Å². The van der Waals surface area contributed by atoms with E-state index in [1.165, 1.54) is 12.8 Å². The van der Waals surface area contributed by atoms with E-state index < -0.39 is 0 Å². The Balaban J connectivity index is 1.73. The molecule has 0 bridgehead atoms. The molecule has 0 aromatic heterocycles. The number of rotatable bonds is 0. The predicted octanol–water partition coefficient (Wildman–Crippen LogP) is 0.309. The van der Waals surface area contributed by atoms with Gasteiger partial charge >= 0.3 is 6.03 Å². The number of hydrogen-bond donors (Lipinski definition) is 2. The molecule has 3 rings (SSSR count). The van der Waals surface area contributed by atoms with Gasteiger partial charge in [-0.05, 0) is 12.8 Å². The lowest BCUT2D eigenvalue weighted by Crippen LogP contribution is -2.53. The van der Waals surface area contributed by atoms with Crippen LogP contribution in [-0.4, -0.2) is 30.7 Å². The lowest BCUT2D eigenvalue weighted by Gasteiger charge is -2.40. The van der Waals surface area contributed by atoms with Gasteiger partial charge < -0.3 is 20.1 Å². The zero-order valence-corrected chi connectivity index (χ0v) is 7.86. The number of fused-ring (bicyclic) bond motifs is 2. The molecule has 2 heterocycles. The molecular weight excluding hydrogens is 184 g/mol. The van der Waals surface area contributed by atoms with E-state index in [1.54, 1.807) is 0 Å². The Morgan fingerprint density at radius 2 is 1.50 bits per heavy atom. The Kier molecular flexibility index (Phi) is 1.88. The van der Waals surface area contributed by atoms with E-state index in [2.05, 4.69) is 10.6 Å². The van der Waals surface area contributed by atoms with Gasteiger partial charge in [0.15, 0.2) is 12.5 Å². The van der Waals surface area contributed by atoms with Gasteiger partial charge in [-0.2, -0.15) is 0 Å². The average molecular weight is 198 g/mol. The lowest BCUT2D eigenvalue weighted by molar-refractivity contribution is -0.229. The molecule has 2 N–H and O–H groups in total. The molecule has 3 aliphatic rings. The molecule has 0 radical (unpaired) electrons. The summed E-state index contributed by atoms with van der Waals surface area (Å²) in [6.07, 6.45) is 4.25. The molecule has 78 valence electrons. The summed E-state index contributed by atoms with van der Waals surface area (Å²) in [6.45, 7) is 0.